The molecule has 1 saturated heterocycles. The van der Waals surface area contributed by atoms with Gasteiger partial charge in [0.2, 0.25) is 0 Å². The van der Waals surface area contributed by atoms with E-state index < -0.39 is 0 Å². The van der Waals surface area contributed by atoms with E-state index in [1.165, 1.54) is 0 Å². The van der Waals surface area contributed by atoms with Crippen LogP contribution in [-0.2, 0) is 4.74 Å². The lowest BCUT2D eigenvalue weighted by Crippen LogP contribution is -2.40. The molecular formula is C13H17ClN2O2. The first-order valence-electron chi connectivity index (χ1n) is 6.13. The molecule has 1 amide bonds. The molecule has 1 aliphatic rings. The fourth-order valence-electron chi connectivity index (χ4n) is 1.87. The number of rotatable bonds is 2. The van der Waals surface area contributed by atoms with Crippen LogP contribution in [-0.4, -0.2) is 42.1 Å². The van der Waals surface area contributed by atoms with Crippen molar-refractivity contribution in [3.8, 4) is 0 Å². The van der Waals surface area contributed by atoms with Gasteiger partial charge < -0.3 is 9.64 Å². The molecular weight excluding hydrogens is 252 g/mol. The lowest BCUT2D eigenvalue weighted by Gasteiger charge is -2.27. The van der Waals surface area contributed by atoms with Crippen LogP contribution in [0.5, 0.6) is 0 Å². The first-order chi connectivity index (χ1) is 8.59. The Bertz CT molecular complexity index is 443. The summed E-state index contributed by atoms with van der Waals surface area (Å²) >= 11 is 6.10. The number of pyridine rings is 1. The van der Waals surface area contributed by atoms with E-state index >= 15 is 0 Å². The Kier molecular flexibility index (Phi) is 4.19. The van der Waals surface area contributed by atoms with Crippen molar-refractivity contribution in [1.29, 1.82) is 0 Å². The van der Waals surface area contributed by atoms with Gasteiger partial charge in [-0.2, -0.15) is 0 Å². The topological polar surface area (TPSA) is 42.4 Å². The maximum absolute atomic E-state index is 12.2. The van der Waals surface area contributed by atoms with Gasteiger partial charge in [-0.25, -0.2) is 4.98 Å². The van der Waals surface area contributed by atoms with Gasteiger partial charge in [-0.05, 0) is 18.1 Å². The Morgan fingerprint density at radius 2 is 2.06 bits per heavy atom. The summed E-state index contributed by atoms with van der Waals surface area (Å²) in [5, 5.41) is 0.290. The molecule has 0 saturated carbocycles. The second-order valence-corrected chi connectivity index (χ2v) is 4.99. The standard InChI is InChI=1S/C13H17ClN2O2/c1-9(2)11-4-3-10(12(14)15-11)13(17)16-5-7-18-8-6-16/h3-4,9H,5-8H2,1-2H3. The van der Waals surface area contributed by atoms with Gasteiger partial charge in [-0.15, -0.1) is 0 Å². The summed E-state index contributed by atoms with van der Waals surface area (Å²) in [6.07, 6.45) is 0. The minimum Gasteiger partial charge on any atom is -0.378 e. The lowest BCUT2D eigenvalue weighted by atomic mass is 10.1. The maximum Gasteiger partial charge on any atom is 0.257 e. The summed E-state index contributed by atoms with van der Waals surface area (Å²) in [6, 6.07) is 3.63. The number of carbonyl (C=O) groups excluding carboxylic acids is 1. The molecule has 18 heavy (non-hydrogen) atoms. The Morgan fingerprint density at radius 1 is 1.39 bits per heavy atom. The molecule has 4 nitrogen and oxygen atoms in total. The Labute approximate surface area is 112 Å². The summed E-state index contributed by atoms with van der Waals surface area (Å²) in [6.45, 7) is 6.48. The van der Waals surface area contributed by atoms with E-state index in [9.17, 15) is 4.79 Å². The average molecular weight is 269 g/mol. The van der Waals surface area contributed by atoms with Crippen molar-refractivity contribution in [1.82, 2.24) is 9.88 Å². The van der Waals surface area contributed by atoms with E-state index in [-0.39, 0.29) is 11.1 Å². The molecule has 1 fully saturated rings. The van der Waals surface area contributed by atoms with Crippen LogP contribution >= 0.6 is 11.6 Å². The van der Waals surface area contributed by atoms with E-state index in [2.05, 4.69) is 4.98 Å². The van der Waals surface area contributed by atoms with Crippen molar-refractivity contribution < 1.29 is 9.53 Å². The highest BCUT2D eigenvalue weighted by molar-refractivity contribution is 6.32. The minimum absolute atomic E-state index is 0.0638. The fourth-order valence-corrected chi connectivity index (χ4v) is 2.11. The van der Waals surface area contributed by atoms with Crippen LogP contribution < -0.4 is 0 Å². The molecule has 0 N–H and O–H groups in total. The zero-order valence-electron chi connectivity index (χ0n) is 10.6. The molecule has 1 aromatic heterocycles. The number of aromatic nitrogens is 1. The van der Waals surface area contributed by atoms with Crippen molar-refractivity contribution in [3.05, 3.63) is 28.5 Å². The third kappa shape index (κ3) is 2.82. The monoisotopic (exact) mass is 268 g/mol. The number of hydrogen-bond donors (Lipinski definition) is 0. The molecule has 0 spiro atoms. The summed E-state index contributed by atoms with van der Waals surface area (Å²) in [4.78, 5) is 18.3. The Morgan fingerprint density at radius 3 is 2.61 bits per heavy atom. The highest BCUT2D eigenvalue weighted by atomic mass is 35.5. The summed E-state index contributed by atoms with van der Waals surface area (Å²) in [7, 11) is 0. The van der Waals surface area contributed by atoms with Gasteiger partial charge in [-0.1, -0.05) is 25.4 Å². The molecule has 98 valence electrons. The van der Waals surface area contributed by atoms with E-state index in [4.69, 9.17) is 16.3 Å². The van der Waals surface area contributed by atoms with E-state index in [0.29, 0.717) is 37.8 Å². The van der Waals surface area contributed by atoms with Crippen LogP contribution in [0.4, 0.5) is 0 Å². The van der Waals surface area contributed by atoms with Crippen LogP contribution in [0.3, 0.4) is 0 Å². The molecule has 1 aliphatic heterocycles. The number of carbonyl (C=O) groups is 1. The number of halogens is 1. The second-order valence-electron chi connectivity index (χ2n) is 4.63. The van der Waals surface area contributed by atoms with Gasteiger partial charge in [0.1, 0.15) is 5.15 Å². The van der Waals surface area contributed by atoms with Gasteiger partial charge in [0.15, 0.2) is 0 Å². The minimum atomic E-state index is -0.0638. The SMILES string of the molecule is CC(C)c1ccc(C(=O)N2CCOCC2)c(Cl)n1. The fraction of sp³-hybridized carbons (Fsp3) is 0.538. The molecule has 1 aromatic rings. The molecule has 5 heteroatoms. The molecule has 0 bridgehead atoms. The summed E-state index contributed by atoms with van der Waals surface area (Å²) in [5.74, 6) is 0.237. The van der Waals surface area contributed by atoms with E-state index in [1.54, 1.807) is 11.0 Å². The van der Waals surface area contributed by atoms with Crippen LogP contribution in [0.15, 0.2) is 12.1 Å². The number of nitrogens with zero attached hydrogens (tertiary/aromatic N) is 2. The van der Waals surface area contributed by atoms with Crippen LogP contribution in [0.2, 0.25) is 5.15 Å². The van der Waals surface area contributed by atoms with Crippen molar-refractivity contribution in [3.63, 3.8) is 0 Å². The number of amides is 1. The smallest absolute Gasteiger partial charge is 0.257 e. The number of hydrogen-bond acceptors (Lipinski definition) is 3. The molecule has 2 heterocycles. The van der Waals surface area contributed by atoms with Gasteiger partial charge >= 0.3 is 0 Å². The van der Waals surface area contributed by atoms with Crippen molar-refractivity contribution in [2.45, 2.75) is 19.8 Å². The first kappa shape index (κ1) is 13.3. The molecule has 2 rings (SSSR count). The van der Waals surface area contributed by atoms with Crippen LogP contribution in [0.25, 0.3) is 0 Å². The third-order valence-corrected chi connectivity index (χ3v) is 3.28. The zero-order chi connectivity index (χ0) is 13.1. The lowest BCUT2D eigenvalue weighted by molar-refractivity contribution is 0.0302. The molecule has 0 aromatic carbocycles. The van der Waals surface area contributed by atoms with Gasteiger partial charge in [0.25, 0.3) is 5.91 Å². The molecule has 0 unspecified atom stereocenters. The third-order valence-electron chi connectivity index (χ3n) is 2.99. The molecule has 0 aliphatic carbocycles. The Balaban J connectivity index is 2.19. The largest absolute Gasteiger partial charge is 0.378 e. The quantitative estimate of drug-likeness (QED) is 0.773. The molecule has 0 radical (unpaired) electrons. The number of ether oxygens (including phenoxy) is 1. The summed E-state index contributed by atoms with van der Waals surface area (Å²) < 4.78 is 5.22. The highest BCUT2D eigenvalue weighted by Gasteiger charge is 2.21. The predicted octanol–water partition coefficient (Wildman–Crippen LogP) is 2.33. The second kappa shape index (κ2) is 5.67. The summed E-state index contributed by atoms with van der Waals surface area (Å²) in [5.41, 5.74) is 1.38. The zero-order valence-corrected chi connectivity index (χ0v) is 11.4. The average Bonchev–Trinajstić information content (AvgIpc) is 2.38. The van der Waals surface area contributed by atoms with E-state index in [1.807, 2.05) is 19.9 Å². The van der Waals surface area contributed by atoms with Crippen LogP contribution in [0, 0.1) is 0 Å². The molecule has 0 atom stereocenters. The predicted molar refractivity (Wildman–Crippen MR) is 70.1 cm³/mol. The highest BCUT2D eigenvalue weighted by Crippen LogP contribution is 2.20. The maximum atomic E-state index is 12.2. The van der Waals surface area contributed by atoms with E-state index in [0.717, 1.165) is 5.69 Å². The van der Waals surface area contributed by atoms with Crippen molar-refractivity contribution >= 4 is 17.5 Å². The Hall–Kier alpha value is -1.13. The van der Waals surface area contributed by atoms with Crippen molar-refractivity contribution in [2.24, 2.45) is 0 Å². The van der Waals surface area contributed by atoms with Gasteiger partial charge in [0.05, 0.1) is 18.8 Å². The van der Waals surface area contributed by atoms with Gasteiger partial charge in [0, 0.05) is 18.8 Å². The van der Waals surface area contributed by atoms with Crippen molar-refractivity contribution in [2.75, 3.05) is 26.3 Å². The number of morpholine rings is 1. The first-order valence-corrected chi connectivity index (χ1v) is 6.51. The van der Waals surface area contributed by atoms with Gasteiger partial charge in [-0.3, -0.25) is 4.79 Å². The van der Waals surface area contributed by atoms with Crippen LogP contribution in [0.1, 0.15) is 35.8 Å². The normalized spacial score (nSPS) is 16.1.